The van der Waals surface area contributed by atoms with Gasteiger partial charge >= 0.3 is 0 Å². The summed E-state index contributed by atoms with van der Waals surface area (Å²) in [6.45, 7) is 5.42. The number of nitrogens with zero attached hydrogens (tertiary/aromatic N) is 2. The Balaban J connectivity index is 1.57. The van der Waals surface area contributed by atoms with E-state index in [1.165, 1.54) is 12.8 Å². The highest BCUT2D eigenvalue weighted by Crippen LogP contribution is 2.29. The average Bonchev–Trinajstić information content (AvgIpc) is 3.59. The van der Waals surface area contributed by atoms with Gasteiger partial charge in [-0.3, -0.25) is 0 Å². The van der Waals surface area contributed by atoms with Crippen molar-refractivity contribution in [2.75, 3.05) is 38.8 Å². The summed E-state index contributed by atoms with van der Waals surface area (Å²) < 4.78 is 16.6. The van der Waals surface area contributed by atoms with E-state index in [1.807, 2.05) is 43.3 Å². The van der Waals surface area contributed by atoms with Crippen molar-refractivity contribution in [1.29, 1.82) is 0 Å². The summed E-state index contributed by atoms with van der Waals surface area (Å²) in [4.78, 5) is 8.99. The fourth-order valence-corrected chi connectivity index (χ4v) is 2.79. The number of hydrogen-bond donors (Lipinski definition) is 2. The first kappa shape index (κ1) is 21.9. The zero-order chi connectivity index (χ0) is 21.0. The van der Waals surface area contributed by atoms with Gasteiger partial charge in [0.2, 0.25) is 5.88 Å². The minimum Gasteiger partial charge on any atom is -0.493 e. The van der Waals surface area contributed by atoms with E-state index >= 15 is 0 Å². The van der Waals surface area contributed by atoms with Crippen molar-refractivity contribution in [3.05, 3.63) is 48.2 Å². The number of anilines is 1. The minimum absolute atomic E-state index is 0.533. The number of nitrogens with one attached hydrogen (secondary N) is 2. The van der Waals surface area contributed by atoms with E-state index in [9.17, 15) is 0 Å². The molecule has 2 aromatic rings. The number of guanidine groups is 1. The number of hydrogen-bond acceptors (Lipinski definition) is 5. The second-order valence-electron chi connectivity index (χ2n) is 7.30. The Hall–Kier alpha value is -2.80. The van der Waals surface area contributed by atoms with Gasteiger partial charge in [0, 0.05) is 50.7 Å². The van der Waals surface area contributed by atoms with Crippen LogP contribution in [-0.4, -0.2) is 44.4 Å². The van der Waals surface area contributed by atoms with E-state index in [-0.39, 0.29) is 0 Å². The standard InChI is InChI=1S/C23H32N4O3/c1-3-24-23(27-20-6-4-7-21(15-20)29-13-5-12-28-2)26-16-19-10-11-25-22(14-19)30-17-18-8-9-18/h4,6-7,10-11,14-15,18H,3,5,8-9,12-13,16-17H2,1-2H3,(H2,24,26,27). The largest absolute Gasteiger partial charge is 0.493 e. The molecule has 162 valence electrons. The third kappa shape index (κ3) is 7.91. The summed E-state index contributed by atoms with van der Waals surface area (Å²) >= 11 is 0. The highest BCUT2D eigenvalue weighted by molar-refractivity contribution is 5.93. The van der Waals surface area contributed by atoms with Gasteiger partial charge in [-0.05, 0) is 49.4 Å². The van der Waals surface area contributed by atoms with Gasteiger partial charge in [-0.2, -0.15) is 0 Å². The Morgan fingerprint density at radius 2 is 2.07 bits per heavy atom. The summed E-state index contributed by atoms with van der Waals surface area (Å²) in [5, 5.41) is 6.62. The van der Waals surface area contributed by atoms with Crippen molar-refractivity contribution in [3.63, 3.8) is 0 Å². The predicted molar refractivity (Wildman–Crippen MR) is 119 cm³/mol. The number of methoxy groups -OCH3 is 1. The Morgan fingerprint density at radius 1 is 1.17 bits per heavy atom. The van der Waals surface area contributed by atoms with Gasteiger partial charge in [-0.15, -0.1) is 0 Å². The molecule has 0 saturated heterocycles. The lowest BCUT2D eigenvalue weighted by molar-refractivity contribution is 0.172. The maximum Gasteiger partial charge on any atom is 0.213 e. The molecule has 1 aromatic carbocycles. The Bertz CT molecular complexity index is 809. The van der Waals surface area contributed by atoms with E-state index in [1.54, 1.807) is 13.3 Å². The van der Waals surface area contributed by atoms with Crippen LogP contribution < -0.4 is 20.1 Å². The molecule has 0 atom stereocenters. The van der Waals surface area contributed by atoms with E-state index in [0.29, 0.717) is 37.5 Å². The SMILES string of the molecule is CCNC(=NCc1ccnc(OCC2CC2)c1)Nc1cccc(OCCCOC)c1. The number of benzene rings is 1. The number of aliphatic imine (C=N–C) groups is 1. The van der Waals surface area contributed by atoms with Crippen LogP contribution in [0.3, 0.4) is 0 Å². The molecule has 0 unspecified atom stereocenters. The minimum atomic E-state index is 0.533. The maximum absolute atomic E-state index is 5.78. The smallest absolute Gasteiger partial charge is 0.213 e. The normalized spacial score (nSPS) is 13.7. The summed E-state index contributed by atoms with van der Waals surface area (Å²) in [6, 6.07) is 11.8. The van der Waals surface area contributed by atoms with Crippen LogP contribution in [-0.2, 0) is 11.3 Å². The summed E-state index contributed by atoms with van der Waals surface area (Å²) in [5.74, 6) is 2.91. The van der Waals surface area contributed by atoms with Crippen molar-refractivity contribution >= 4 is 11.6 Å². The molecule has 7 heteroatoms. The molecular formula is C23H32N4O3. The van der Waals surface area contributed by atoms with E-state index in [4.69, 9.17) is 19.2 Å². The molecule has 0 radical (unpaired) electrons. The lowest BCUT2D eigenvalue weighted by Crippen LogP contribution is -2.30. The van der Waals surface area contributed by atoms with Crippen molar-refractivity contribution in [3.8, 4) is 11.6 Å². The fraction of sp³-hybridized carbons (Fsp3) is 0.478. The maximum atomic E-state index is 5.78. The number of pyridine rings is 1. The van der Waals surface area contributed by atoms with Crippen LogP contribution >= 0.6 is 0 Å². The van der Waals surface area contributed by atoms with Crippen LogP contribution in [0.2, 0.25) is 0 Å². The first-order chi connectivity index (χ1) is 14.8. The Kier molecular flexibility index (Phi) is 8.78. The zero-order valence-corrected chi connectivity index (χ0v) is 17.9. The topological polar surface area (TPSA) is 77.0 Å². The monoisotopic (exact) mass is 412 g/mol. The van der Waals surface area contributed by atoms with Crippen LogP contribution in [0.25, 0.3) is 0 Å². The van der Waals surface area contributed by atoms with Gasteiger partial charge in [-0.1, -0.05) is 6.07 Å². The quantitative estimate of drug-likeness (QED) is 0.313. The lowest BCUT2D eigenvalue weighted by Gasteiger charge is -2.13. The van der Waals surface area contributed by atoms with Crippen molar-refractivity contribution < 1.29 is 14.2 Å². The summed E-state index contributed by atoms with van der Waals surface area (Å²) in [6.07, 6.45) is 5.16. The number of ether oxygens (including phenoxy) is 3. The molecule has 1 heterocycles. The van der Waals surface area contributed by atoms with Crippen LogP contribution in [0.15, 0.2) is 47.6 Å². The van der Waals surface area contributed by atoms with Crippen LogP contribution in [0, 0.1) is 5.92 Å². The second kappa shape index (κ2) is 12.0. The fourth-order valence-electron chi connectivity index (χ4n) is 2.79. The molecule has 1 aliphatic rings. The third-order valence-corrected chi connectivity index (χ3v) is 4.59. The van der Waals surface area contributed by atoms with Gasteiger partial charge in [0.15, 0.2) is 5.96 Å². The molecule has 30 heavy (non-hydrogen) atoms. The second-order valence-corrected chi connectivity index (χ2v) is 7.30. The van der Waals surface area contributed by atoms with Crippen LogP contribution in [0.1, 0.15) is 31.7 Å². The number of aromatic nitrogens is 1. The first-order valence-electron chi connectivity index (χ1n) is 10.6. The summed E-state index contributed by atoms with van der Waals surface area (Å²) in [7, 11) is 1.69. The van der Waals surface area contributed by atoms with Gasteiger partial charge in [-0.25, -0.2) is 9.98 Å². The third-order valence-electron chi connectivity index (χ3n) is 4.59. The molecule has 0 spiro atoms. The molecule has 1 saturated carbocycles. The molecule has 1 aromatic heterocycles. The van der Waals surface area contributed by atoms with E-state index in [2.05, 4.69) is 15.6 Å². The first-order valence-corrected chi connectivity index (χ1v) is 10.6. The van der Waals surface area contributed by atoms with Crippen molar-refractivity contribution in [2.24, 2.45) is 10.9 Å². The van der Waals surface area contributed by atoms with Gasteiger partial charge in [0.25, 0.3) is 0 Å². The molecule has 7 nitrogen and oxygen atoms in total. The van der Waals surface area contributed by atoms with E-state index in [0.717, 1.165) is 36.6 Å². The van der Waals surface area contributed by atoms with Gasteiger partial charge < -0.3 is 24.8 Å². The molecule has 1 fully saturated rings. The molecule has 0 amide bonds. The molecule has 0 bridgehead atoms. The number of rotatable bonds is 12. The van der Waals surface area contributed by atoms with Crippen LogP contribution in [0.5, 0.6) is 11.6 Å². The van der Waals surface area contributed by atoms with Gasteiger partial charge in [0.05, 0.1) is 19.8 Å². The zero-order valence-electron chi connectivity index (χ0n) is 17.9. The van der Waals surface area contributed by atoms with Crippen molar-refractivity contribution in [1.82, 2.24) is 10.3 Å². The summed E-state index contributed by atoms with van der Waals surface area (Å²) in [5.41, 5.74) is 1.98. The average molecular weight is 413 g/mol. The van der Waals surface area contributed by atoms with Crippen LogP contribution in [0.4, 0.5) is 5.69 Å². The highest BCUT2D eigenvalue weighted by Gasteiger charge is 2.22. The Labute approximate surface area is 178 Å². The molecule has 0 aliphatic heterocycles. The lowest BCUT2D eigenvalue weighted by atomic mass is 10.2. The molecular weight excluding hydrogens is 380 g/mol. The van der Waals surface area contributed by atoms with Gasteiger partial charge in [0.1, 0.15) is 5.75 Å². The molecule has 1 aliphatic carbocycles. The van der Waals surface area contributed by atoms with E-state index < -0.39 is 0 Å². The Morgan fingerprint density at radius 3 is 2.87 bits per heavy atom. The van der Waals surface area contributed by atoms with Crippen molar-refractivity contribution in [2.45, 2.75) is 32.7 Å². The molecule has 3 rings (SSSR count). The molecule has 2 N–H and O–H groups in total. The predicted octanol–water partition coefficient (Wildman–Crippen LogP) is 3.86. The highest BCUT2D eigenvalue weighted by atomic mass is 16.5.